The SMILES string of the molecule is CCCN(CCC)CCCC[CH]Cc1ccc(C/N=C/c2ncc[nH]2)cc1. The number of hydrogen-bond acceptors (Lipinski definition) is 3. The van der Waals surface area contributed by atoms with Crippen molar-refractivity contribution in [3.63, 3.8) is 0 Å². The zero-order valence-corrected chi connectivity index (χ0v) is 17.0. The van der Waals surface area contributed by atoms with Gasteiger partial charge in [-0.2, -0.15) is 0 Å². The Kier molecular flexibility index (Phi) is 10.5. The summed E-state index contributed by atoms with van der Waals surface area (Å²) in [5.41, 5.74) is 2.61. The summed E-state index contributed by atoms with van der Waals surface area (Å²) in [5, 5.41) is 0. The van der Waals surface area contributed by atoms with Crippen LogP contribution in [-0.4, -0.2) is 40.7 Å². The Bertz CT molecular complexity index is 610. The van der Waals surface area contributed by atoms with Crippen LogP contribution < -0.4 is 0 Å². The van der Waals surface area contributed by atoms with Gasteiger partial charge in [-0.3, -0.25) is 4.99 Å². The van der Waals surface area contributed by atoms with Crippen molar-refractivity contribution in [3.8, 4) is 0 Å². The number of aromatic amines is 1. The van der Waals surface area contributed by atoms with Crippen LogP contribution in [0, 0.1) is 6.42 Å². The number of H-pyrrole nitrogens is 1. The molecule has 4 heteroatoms. The molecule has 0 aliphatic heterocycles. The molecule has 2 rings (SSSR count). The van der Waals surface area contributed by atoms with Gasteiger partial charge < -0.3 is 9.88 Å². The van der Waals surface area contributed by atoms with Gasteiger partial charge in [0, 0.05) is 12.4 Å². The largest absolute Gasteiger partial charge is 0.344 e. The highest BCUT2D eigenvalue weighted by Gasteiger charge is 2.02. The van der Waals surface area contributed by atoms with Gasteiger partial charge in [0.2, 0.25) is 0 Å². The Morgan fingerprint density at radius 1 is 1.00 bits per heavy atom. The summed E-state index contributed by atoms with van der Waals surface area (Å²) in [5.74, 6) is 0.800. The Morgan fingerprint density at radius 2 is 1.74 bits per heavy atom. The Hall–Kier alpha value is -1.94. The molecular weight excluding hydrogens is 332 g/mol. The Labute approximate surface area is 165 Å². The highest BCUT2D eigenvalue weighted by molar-refractivity contribution is 5.74. The van der Waals surface area contributed by atoms with Crippen molar-refractivity contribution in [2.45, 2.75) is 58.9 Å². The summed E-state index contributed by atoms with van der Waals surface area (Å²) in [4.78, 5) is 14.2. The van der Waals surface area contributed by atoms with E-state index in [2.05, 4.69) is 64.4 Å². The van der Waals surface area contributed by atoms with Gasteiger partial charge in [-0.05, 0) is 69.3 Å². The molecular formula is C23H35N4. The monoisotopic (exact) mass is 367 g/mol. The van der Waals surface area contributed by atoms with E-state index in [1.54, 1.807) is 18.6 Å². The number of hydrogen-bond donors (Lipinski definition) is 1. The number of nitrogens with one attached hydrogen (secondary N) is 1. The maximum Gasteiger partial charge on any atom is 0.148 e. The van der Waals surface area contributed by atoms with Crippen LogP contribution in [0.4, 0.5) is 0 Å². The van der Waals surface area contributed by atoms with E-state index < -0.39 is 0 Å². The summed E-state index contributed by atoms with van der Waals surface area (Å²) in [6.07, 6.45) is 15.1. The van der Waals surface area contributed by atoms with Crippen LogP contribution in [0.15, 0.2) is 41.7 Å². The number of aliphatic imine (C=N–C) groups is 1. The van der Waals surface area contributed by atoms with E-state index in [1.165, 1.54) is 62.9 Å². The third-order valence-corrected chi connectivity index (χ3v) is 4.62. The van der Waals surface area contributed by atoms with E-state index in [-0.39, 0.29) is 0 Å². The Balaban J connectivity index is 1.58. The fourth-order valence-electron chi connectivity index (χ4n) is 3.23. The average Bonchev–Trinajstić information content (AvgIpc) is 3.19. The molecule has 1 N–H and O–H groups in total. The van der Waals surface area contributed by atoms with E-state index in [9.17, 15) is 0 Å². The fourth-order valence-corrected chi connectivity index (χ4v) is 3.23. The molecule has 0 saturated heterocycles. The molecule has 1 radical (unpaired) electrons. The maximum absolute atomic E-state index is 4.42. The van der Waals surface area contributed by atoms with Crippen LogP contribution in [0.25, 0.3) is 0 Å². The first kappa shape index (κ1) is 21.4. The minimum atomic E-state index is 0.691. The van der Waals surface area contributed by atoms with Crippen LogP contribution in [0.5, 0.6) is 0 Å². The van der Waals surface area contributed by atoms with E-state index in [0.717, 1.165) is 12.2 Å². The first-order chi connectivity index (χ1) is 13.3. The molecule has 0 amide bonds. The summed E-state index contributed by atoms with van der Waals surface area (Å²) in [6, 6.07) is 8.79. The van der Waals surface area contributed by atoms with Crippen molar-refractivity contribution >= 4 is 6.21 Å². The predicted molar refractivity (Wildman–Crippen MR) is 115 cm³/mol. The van der Waals surface area contributed by atoms with Crippen molar-refractivity contribution in [1.82, 2.24) is 14.9 Å². The lowest BCUT2D eigenvalue weighted by Gasteiger charge is -2.20. The normalized spacial score (nSPS) is 11.7. The standard InChI is InChI=1S/C23H35N4/c1-3-16-27(17-4-2)18-8-6-5-7-9-21-10-12-22(13-11-21)19-24-20-23-25-14-15-26-23/h7,10-15,20H,3-6,8-9,16-19H2,1-2H3,(H,25,26)/b24-20+. The van der Waals surface area contributed by atoms with Gasteiger partial charge >= 0.3 is 0 Å². The molecule has 0 aliphatic rings. The minimum Gasteiger partial charge on any atom is -0.344 e. The van der Waals surface area contributed by atoms with Crippen LogP contribution in [-0.2, 0) is 13.0 Å². The van der Waals surface area contributed by atoms with Gasteiger partial charge in [0.15, 0.2) is 0 Å². The molecule has 4 nitrogen and oxygen atoms in total. The molecule has 0 fully saturated rings. The quantitative estimate of drug-likeness (QED) is 0.374. The average molecular weight is 368 g/mol. The predicted octanol–water partition coefficient (Wildman–Crippen LogP) is 5.07. The van der Waals surface area contributed by atoms with Gasteiger partial charge in [-0.25, -0.2) is 4.98 Å². The molecule has 147 valence electrons. The summed E-state index contributed by atoms with van der Waals surface area (Å²) in [7, 11) is 0. The van der Waals surface area contributed by atoms with Crippen molar-refractivity contribution in [3.05, 3.63) is 60.0 Å². The van der Waals surface area contributed by atoms with Crippen LogP contribution in [0.2, 0.25) is 0 Å². The molecule has 0 atom stereocenters. The van der Waals surface area contributed by atoms with Gasteiger partial charge in [0.25, 0.3) is 0 Å². The molecule has 2 aromatic rings. The maximum atomic E-state index is 4.42. The fraction of sp³-hybridized carbons (Fsp3) is 0.522. The number of benzene rings is 1. The van der Waals surface area contributed by atoms with E-state index in [4.69, 9.17) is 0 Å². The number of imidazole rings is 1. The molecule has 27 heavy (non-hydrogen) atoms. The van der Waals surface area contributed by atoms with E-state index in [1.807, 2.05) is 0 Å². The van der Waals surface area contributed by atoms with E-state index >= 15 is 0 Å². The number of unbranched alkanes of at least 4 members (excludes halogenated alkanes) is 3. The summed E-state index contributed by atoms with van der Waals surface area (Å²) < 4.78 is 0. The van der Waals surface area contributed by atoms with Gasteiger partial charge in [0.05, 0.1) is 12.8 Å². The molecule has 0 aliphatic carbocycles. The third kappa shape index (κ3) is 9.00. The molecule has 0 saturated carbocycles. The first-order valence-electron chi connectivity index (χ1n) is 10.4. The smallest absolute Gasteiger partial charge is 0.148 e. The molecule has 1 heterocycles. The zero-order valence-electron chi connectivity index (χ0n) is 17.0. The van der Waals surface area contributed by atoms with E-state index in [0.29, 0.717) is 6.54 Å². The van der Waals surface area contributed by atoms with Crippen molar-refractivity contribution in [2.24, 2.45) is 4.99 Å². The molecule has 1 aromatic carbocycles. The summed E-state index contributed by atoms with van der Waals surface area (Å²) in [6.45, 7) is 8.98. The van der Waals surface area contributed by atoms with Crippen molar-refractivity contribution in [2.75, 3.05) is 19.6 Å². The second-order valence-corrected chi connectivity index (χ2v) is 7.09. The van der Waals surface area contributed by atoms with Crippen LogP contribution in [0.1, 0.15) is 62.9 Å². The van der Waals surface area contributed by atoms with Crippen LogP contribution in [0.3, 0.4) is 0 Å². The number of rotatable bonds is 14. The number of nitrogens with zero attached hydrogens (tertiary/aromatic N) is 3. The molecule has 0 bridgehead atoms. The van der Waals surface area contributed by atoms with Crippen LogP contribution >= 0.6 is 0 Å². The highest BCUT2D eigenvalue weighted by atomic mass is 15.1. The Morgan fingerprint density at radius 3 is 2.41 bits per heavy atom. The molecule has 0 unspecified atom stereocenters. The second kappa shape index (κ2) is 13.3. The third-order valence-electron chi connectivity index (χ3n) is 4.62. The van der Waals surface area contributed by atoms with Gasteiger partial charge in [-0.15, -0.1) is 0 Å². The highest BCUT2D eigenvalue weighted by Crippen LogP contribution is 2.10. The van der Waals surface area contributed by atoms with Gasteiger partial charge in [0.1, 0.15) is 5.82 Å². The topological polar surface area (TPSA) is 44.3 Å². The number of aromatic nitrogens is 2. The van der Waals surface area contributed by atoms with Gasteiger partial charge in [-0.1, -0.05) is 44.5 Å². The molecule has 0 spiro atoms. The van der Waals surface area contributed by atoms with Crippen molar-refractivity contribution < 1.29 is 0 Å². The second-order valence-electron chi connectivity index (χ2n) is 7.09. The summed E-state index contributed by atoms with van der Waals surface area (Å²) >= 11 is 0. The lowest BCUT2D eigenvalue weighted by molar-refractivity contribution is 0.269. The minimum absolute atomic E-state index is 0.691. The first-order valence-corrected chi connectivity index (χ1v) is 10.4. The zero-order chi connectivity index (χ0) is 19.2. The van der Waals surface area contributed by atoms with Crippen molar-refractivity contribution in [1.29, 1.82) is 0 Å². The lowest BCUT2D eigenvalue weighted by atomic mass is 10.0. The molecule has 1 aromatic heterocycles. The lowest BCUT2D eigenvalue weighted by Crippen LogP contribution is -2.26.